The van der Waals surface area contributed by atoms with E-state index in [1.807, 2.05) is 49.4 Å². The molecule has 1 N–H and O–H groups in total. The number of rotatable bonds is 3. The molecule has 9 heteroatoms. The molecule has 0 aliphatic carbocycles. The molecule has 38 heavy (non-hydrogen) atoms. The third-order valence-corrected chi connectivity index (χ3v) is 6.81. The van der Waals surface area contributed by atoms with Gasteiger partial charge < -0.3 is 19.0 Å². The lowest BCUT2D eigenvalue weighted by molar-refractivity contribution is 0.373. The van der Waals surface area contributed by atoms with Crippen LogP contribution in [0.15, 0.2) is 82.3 Å². The summed E-state index contributed by atoms with van der Waals surface area (Å²) in [5.41, 5.74) is 3.95. The Kier molecular flexibility index (Phi) is 4.74. The normalized spacial score (nSPS) is 14.2. The number of phenols is 1. The fourth-order valence-electron chi connectivity index (χ4n) is 4.97. The molecule has 1 aliphatic heterocycles. The maximum absolute atomic E-state index is 13.4. The average Bonchev–Trinajstić information content (AvgIpc) is 3.37. The minimum Gasteiger partial charge on any atom is -0.504 e. The van der Waals surface area contributed by atoms with Gasteiger partial charge in [-0.2, -0.15) is 0 Å². The molecule has 0 spiro atoms. The molecule has 3 aromatic carbocycles. The summed E-state index contributed by atoms with van der Waals surface area (Å²) < 4.78 is 18.7. The maximum atomic E-state index is 13.4. The van der Waals surface area contributed by atoms with Crippen LogP contribution in [0.2, 0.25) is 0 Å². The quantitative estimate of drug-likeness (QED) is 0.327. The molecule has 186 valence electrons. The van der Waals surface area contributed by atoms with Crippen LogP contribution in [0, 0.1) is 6.92 Å². The SMILES string of the molecule is COc1ccc(-c2nc3c4c(ncn3n2)Oc2c(c(=O)oc3ccccc23)C4c2ccc(C)cc2)cc1O. The van der Waals surface area contributed by atoms with Crippen LogP contribution in [-0.4, -0.2) is 31.8 Å². The van der Waals surface area contributed by atoms with Crippen LogP contribution in [0.3, 0.4) is 0 Å². The Hall–Kier alpha value is -5.18. The lowest BCUT2D eigenvalue weighted by Gasteiger charge is -2.27. The first-order valence-electron chi connectivity index (χ1n) is 11.9. The second-order valence-electron chi connectivity index (χ2n) is 9.13. The highest BCUT2D eigenvalue weighted by molar-refractivity contribution is 5.87. The van der Waals surface area contributed by atoms with Crippen molar-refractivity contribution in [3.05, 3.63) is 106 Å². The van der Waals surface area contributed by atoms with E-state index in [4.69, 9.17) is 18.9 Å². The third kappa shape index (κ3) is 3.25. The molecule has 6 aromatic rings. The Bertz CT molecular complexity index is 1940. The summed E-state index contributed by atoms with van der Waals surface area (Å²) in [7, 11) is 1.48. The number of hydrogen-bond donors (Lipinski definition) is 1. The first-order valence-corrected chi connectivity index (χ1v) is 11.9. The van der Waals surface area contributed by atoms with E-state index in [9.17, 15) is 9.90 Å². The number of methoxy groups -OCH3 is 1. The van der Waals surface area contributed by atoms with Crippen molar-refractivity contribution in [1.29, 1.82) is 0 Å². The summed E-state index contributed by atoms with van der Waals surface area (Å²) in [5, 5.41) is 15.6. The summed E-state index contributed by atoms with van der Waals surface area (Å²) >= 11 is 0. The summed E-state index contributed by atoms with van der Waals surface area (Å²) in [6, 6.07) is 20.2. The molecule has 7 rings (SSSR count). The molecule has 0 radical (unpaired) electrons. The van der Waals surface area contributed by atoms with Crippen molar-refractivity contribution in [2.24, 2.45) is 0 Å². The van der Waals surface area contributed by atoms with Gasteiger partial charge in [0.05, 0.1) is 29.5 Å². The lowest BCUT2D eigenvalue weighted by Crippen LogP contribution is -2.22. The van der Waals surface area contributed by atoms with Gasteiger partial charge in [0.1, 0.15) is 11.9 Å². The molecule has 0 fully saturated rings. The number of aromatic nitrogens is 4. The molecule has 4 heterocycles. The lowest BCUT2D eigenvalue weighted by atomic mass is 9.84. The molecule has 3 aromatic heterocycles. The van der Waals surface area contributed by atoms with Gasteiger partial charge in [-0.05, 0) is 42.8 Å². The zero-order chi connectivity index (χ0) is 26.0. The zero-order valence-electron chi connectivity index (χ0n) is 20.4. The van der Waals surface area contributed by atoms with Gasteiger partial charge in [-0.1, -0.05) is 42.0 Å². The fourth-order valence-corrected chi connectivity index (χ4v) is 4.97. The molecule has 0 saturated carbocycles. The molecular formula is C29H20N4O5. The molecule has 1 unspecified atom stereocenters. The maximum Gasteiger partial charge on any atom is 0.344 e. The summed E-state index contributed by atoms with van der Waals surface area (Å²) in [5.74, 6) is 0.891. The number of para-hydroxylation sites is 1. The van der Waals surface area contributed by atoms with Gasteiger partial charge in [-0.25, -0.2) is 19.3 Å². The van der Waals surface area contributed by atoms with Crippen LogP contribution in [0.25, 0.3) is 28.0 Å². The van der Waals surface area contributed by atoms with Gasteiger partial charge >= 0.3 is 5.63 Å². The number of aryl methyl sites for hydroxylation is 1. The van der Waals surface area contributed by atoms with Crippen LogP contribution in [0.4, 0.5) is 0 Å². The minimum absolute atomic E-state index is 0.0247. The van der Waals surface area contributed by atoms with Crippen molar-refractivity contribution in [1.82, 2.24) is 19.6 Å². The molecule has 1 aliphatic rings. The summed E-state index contributed by atoms with van der Waals surface area (Å²) in [4.78, 5) is 22.8. The molecule has 0 amide bonds. The second kappa shape index (κ2) is 8.17. The van der Waals surface area contributed by atoms with E-state index in [-0.39, 0.29) is 5.75 Å². The third-order valence-electron chi connectivity index (χ3n) is 6.81. The summed E-state index contributed by atoms with van der Waals surface area (Å²) in [6.45, 7) is 2.01. The molecule has 0 bridgehead atoms. The predicted octanol–water partition coefficient (Wildman–Crippen LogP) is 5.21. The highest BCUT2D eigenvalue weighted by Gasteiger charge is 2.37. The van der Waals surface area contributed by atoms with E-state index < -0.39 is 11.5 Å². The van der Waals surface area contributed by atoms with Crippen molar-refractivity contribution in [3.63, 3.8) is 0 Å². The number of aromatic hydroxyl groups is 1. The van der Waals surface area contributed by atoms with Crippen molar-refractivity contribution in [2.45, 2.75) is 12.8 Å². The average molecular weight is 505 g/mol. The number of benzene rings is 3. The highest BCUT2D eigenvalue weighted by Crippen LogP contribution is 2.48. The van der Waals surface area contributed by atoms with Crippen LogP contribution >= 0.6 is 0 Å². The van der Waals surface area contributed by atoms with E-state index >= 15 is 0 Å². The zero-order valence-corrected chi connectivity index (χ0v) is 20.4. The molecule has 1 atom stereocenters. The van der Waals surface area contributed by atoms with Gasteiger partial charge in [0, 0.05) is 5.56 Å². The van der Waals surface area contributed by atoms with E-state index in [0.717, 1.165) is 11.1 Å². The van der Waals surface area contributed by atoms with E-state index in [0.29, 0.717) is 56.5 Å². The predicted molar refractivity (Wildman–Crippen MR) is 139 cm³/mol. The second-order valence-corrected chi connectivity index (χ2v) is 9.13. The first-order chi connectivity index (χ1) is 18.5. The van der Waals surface area contributed by atoms with E-state index in [2.05, 4.69) is 10.1 Å². The number of phenolic OH excluding ortho intramolecular Hbond substituents is 1. The highest BCUT2D eigenvalue weighted by atomic mass is 16.5. The minimum atomic E-state index is -0.562. The number of nitrogens with zero attached hydrogens (tertiary/aromatic N) is 4. The fraction of sp³-hybridized carbons (Fsp3) is 0.103. The van der Waals surface area contributed by atoms with Gasteiger partial charge in [0.15, 0.2) is 28.7 Å². The van der Waals surface area contributed by atoms with Gasteiger partial charge in [-0.3, -0.25) is 0 Å². The monoisotopic (exact) mass is 504 g/mol. The Morgan fingerprint density at radius 3 is 2.63 bits per heavy atom. The Morgan fingerprint density at radius 1 is 1.03 bits per heavy atom. The number of hydrogen-bond acceptors (Lipinski definition) is 8. The van der Waals surface area contributed by atoms with E-state index in [1.54, 1.807) is 22.7 Å². The molecule has 9 nitrogen and oxygen atoms in total. The van der Waals surface area contributed by atoms with Crippen molar-refractivity contribution < 1.29 is 19.0 Å². The summed E-state index contributed by atoms with van der Waals surface area (Å²) in [6.07, 6.45) is 1.53. The largest absolute Gasteiger partial charge is 0.504 e. The Morgan fingerprint density at radius 2 is 1.84 bits per heavy atom. The van der Waals surface area contributed by atoms with Crippen LogP contribution in [-0.2, 0) is 0 Å². The smallest absolute Gasteiger partial charge is 0.344 e. The van der Waals surface area contributed by atoms with Gasteiger partial charge in [-0.15, -0.1) is 5.10 Å². The van der Waals surface area contributed by atoms with Crippen LogP contribution < -0.4 is 15.1 Å². The number of fused-ring (bicyclic) bond motifs is 6. The van der Waals surface area contributed by atoms with Gasteiger partial charge in [0.25, 0.3) is 0 Å². The van der Waals surface area contributed by atoms with Crippen molar-refractivity contribution >= 4 is 16.6 Å². The Balaban J connectivity index is 1.51. The van der Waals surface area contributed by atoms with Crippen LogP contribution in [0.1, 0.15) is 28.2 Å². The first kappa shape index (κ1) is 22.1. The molecular weight excluding hydrogens is 484 g/mol. The van der Waals surface area contributed by atoms with Gasteiger partial charge in [0.2, 0.25) is 5.88 Å². The Labute approximate surface area is 215 Å². The van der Waals surface area contributed by atoms with E-state index in [1.165, 1.54) is 19.5 Å². The van der Waals surface area contributed by atoms with Crippen molar-refractivity contribution in [2.75, 3.05) is 7.11 Å². The number of ether oxygens (including phenoxy) is 2. The van der Waals surface area contributed by atoms with Crippen molar-refractivity contribution in [3.8, 4) is 34.5 Å². The van der Waals surface area contributed by atoms with Crippen LogP contribution in [0.5, 0.6) is 23.1 Å². The topological polar surface area (TPSA) is 112 Å². The molecule has 0 saturated heterocycles. The standard InChI is InChI=1S/C29H20N4O5/c1-15-7-9-16(10-8-15)22-23-25(18-5-3-4-6-20(18)37-29(23)35)38-28-24(22)27-31-26(32-33(27)14-30-28)17-11-12-21(36-2)19(34)13-17/h3-14,22,34H,1-2H3.